The van der Waals surface area contributed by atoms with Gasteiger partial charge in [0.1, 0.15) is 10.7 Å². The molecule has 0 aliphatic rings. The number of hydrogen-bond donors (Lipinski definition) is 2. The normalized spacial score (nSPS) is 10.7. The van der Waals surface area contributed by atoms with Gasteiger partial charge >= 0.3 is 0 Å². The Bertz CT molecular complexity index is 418. The van der Waals surface area contributed by atoms with E-state index in [9.17, 15) is 0 Å². The second-order valence-electron chi connectivity index (χ2n) is 3.12. The van der Waals surface area contributed by atoms with Crippen molar-refractivity contribution in [2.24, 2.45) is 5.73 Å². The Balaban J connectivity index is 2.24. The first-order chi connectivity index (χ1) is 6.79. The number of aromatic nitrogens is 3. The summed E-state index contributed by atoms with van der Waals surface area (Å²) in [6.07, 6.45) is 0.833. The van der Waals surface area contributed by atoms with Gasteiger partial charge in [0.15, 0.2) is 0 Å². The zero-order chi connectivity index (χ0) is 9.97. The summed E-state index contributed by atoms with van der Waals surface area (Å²) < 4.78 is 0. The van der Waals surface area contributed by atoms with Gasteiger partial charge in [0.25, 0.3) is 0 Å². The number of nitrogens with zero attached hydrogens (tertiary/aromatic N) is 2. The van der Waals surface area contributed by atoms with E-state index in [-0.39, 0.29) is 0 Å². The molecule has 14 heavy (non-hydrogen) atoms. The number of aromatic amines is 1. The van der Waals surface area contributed by atoms with Gasteiger partial charge < -0.3 is 5.73 Å². The van der Waals surface area contributed by atoms with Crippen molar-refractivity contribution < 1.29 is 0 Å². The summed E-state index contributed by atoms with van der Waals surface area (Å²) in [4.78, 5) is 4.44. The maximum absolute atomic E-state index is 5.46. The smallest absolute Gasteiger partial charge is 0.144 e. The SMILES string of the molecule is Cc1cc(-c2nc(CCN)cs2)n[nH]1. The quantitative estimate of drug-likeness (QED) is 0.800. The van der Waals surface area contributed by atoms with Crippen LogP contribution in [-0.2, 0) is 6.42 Å². The van der Waals surface area contributed by atoms with Crippen molar-refractivity contribution in [2.75, 3.05) is 6.54 Å². The molecular weight excluding hydrogens is 196 g/mol. The number of H-pyrrole nitrogens is 1. The standard InChI is InChI=1S/C9H12N4S/c1-6-4-8(13-12-6)9-11-7(2-3-10)5-14-9/h4-5H,2-3,10H2,1H3,(H,12,13). The van der Waals surface area contributed by atoms with Crippen molar-refractivity contribution in [3.8, 4) is 10.7 Å². The molecular formula is C9H12N4S. The molecule has 3 N–H and O–H groups in total. The molecule has 0 fully saturated rings. The van der Waals surface area contributed by atoms with Crippen LogP contribution in [0.4, 0.5) is 0 Å². The van der Waals surface area contributed by atoms with Crippen LogP contribution >= 0.6 is 11.3 Å². The Kier molecular flexibility index (Phi) is 2.60. The van der Waals surface area contributed by atoms with Crippen LogP contribution in [0.1, 0.15) is 11.4 Å². The van der Waals surface area contributed by atoms with Crippen molar-refractivity contribution in [3.05, 3.63) is 22.8 Å². The average molecular weight is 208 g/mol. The zero-order valence-electron chi connectivity index (χ0n) is 7.95. The summed E-state index contributed by atoms with van der Waals surface area (Å²) in [5, 5.41) is 10.0. The Morgan fingerprint density at radius 1 is 1.57 bits per heavy atom. The third kappa shape index (κ3) is 1.83. The van der Waals surface area contributed by atoms with E-state index in [0.29, 0.717) is 6.54 Å². The lowest BCUT2D eigenvalue weighted by Gasteiger charge is -1.88. The van der Waals surface area contributed by atoms with E-state index < -0.39 is 0 Å². The topological polar surface area (TPSA) is 67.6 Å². The lowest BCUT2D eigenvalue weighted by atomic mass is 10.3. The summed E-state index contributed by atoms with van der Waals surface area (Å²) in [5.41, 5.74) is 8.47. The summed E-state index contributed by atoms with van der Waals surface area (Å²) in [6, 6.07) is 1.99. The molecule has 0 amide bonds. The average Bonchev–Trinajstić information content (AvgIpc) is 2.74. The Hall–Kier alpha value is -1.20. The van der Waals surface area contributed by atoms with Gasteiger partial charge in [-0.25, -0.2) is 4.98 Å². The van der Waals surface area contributed by atoms with Crippen molar-refractivity contribution in [1.29, 1.82) is 0 Å². The van der Waals surface area contributed by atoms with Gasteiger partial charge in [0, 0.05) is 17.5 Å². The highest BCUT2D eigenvalue weighted by Gasteiger charge is 2.06. The van der Waals surface area contributed by atoms with E-state index in [1.54, 1.807) is 11.3 Å². The molecule has 0 unspecified atom stereocenters. The van der Waals surface area contributed by atoms with Crippen molar-refractivity contribution >= 4 is 11.3 Å². The third-order valence-corrected chi connectivity index (χ3v) is 2.79. The highest BCUT2D eigenvalue weighted by Crippen LogP contribution is 2.22. The molecule has 2 aromatic rings. The van der Waals surface area contributed by atoms with Crippen molar-refractivity contribution in [2.45, 2.75) is 13.3 Å². The maximum atomic E-state index is 5.46. The van der Waals surface area contributed by atoms with Gasteiger partial charge in [-0.3, -0.25) is 5.10 Å². The molecule has 0 aliphatic heterocycles. The number of thiazole rings is 1. The van der Waals surface area contributed by atoms with Crippen LogP contribution in [0, 0.1) is 6.92 Å². The fourth-order valence-corrected chi connectivity index (χ4v) is 2.03. The molecule has 74 valence electrons. The minimum atomic E-state index is 0.642. The van der Waals surface area contributed by atoms with E-state index in [1.807, 2.05) is 18.4 Å². The summed E-state index contributed by atoms with van der Waals surface area (Å²) in [7, 11) is 0. The van der Waals surface area contributed by atoms with E-state index in [0.717, 1.165) is 28.5 Å². The molecule has 0 atom stereocenters. The molecule has 0 saturated carbocycles. The van der Waals surface area contributed by atoms with Gasteiger partial charge in [0.05, 0.1) is 5.69 Å². The van der Waals surface area contributed by atoms with Crippen LogP contribution in [0.15, 0.2) is 11.4 Å². The Morgan fingerprint density at radius 3 is 3.07 bits per heavy atom. The number of nitrogens with two attached hydrogens (primary N) is 1. The second kappa shape index (κ2) is 3.89. The molecule has 2 rings (SSSR count). The first-order valence-corrected chi connectivity index (χ1v) is 5.34. The maximum Gasteiger partial charge on any atom is 0.144 e. The molecule has 5 heteroatoms. The van der Waals surface area contributed by atoms with Crippen LogP contribution in [0.25, 0.3) is 10.7 Å². The first kappa shape index (κ1) is 9.36. The lowest BCUT2D eigenvalue weighted by Crippen LogP contribution is -2.02. The molecule has 0 radical (unpaired) electrons. The molecule has 0 aliphatic carbocycles. The van der Waals surface area contributed by atoms with Crippen LogP contribution in [0.3, 0.4) is 0 Å². The van der Waals surface area contributed by atoms with Crippen molar-refractivity contribution in [3.63, 3.8) is 0 Å². The predicted octanol–water partition coefficient (Wildman–Crippen LogP) is 1.34. The molecule has 0 bridgehead atoms. The number of rotatable bonds is 3. The number of hydrogen-bond acceptors (Lipinski definition) is 4. The summed E-state index contributed by atoms with van der Waals surface area (Å²) in [5.74, 6) is 0. The lowest BCUT2D eigenvalue weighted by molar-refractivity contribution is 0.935. The Labute approximate surface area is 86.2 Å². The van der Waals surface area contributed by atoms with E-state index >= 15 is 0 Å². The predicted molar refractivity (Wildman–Crippen MR) is 57.2 cm³/mol. The number of nitrogens with one attached hydrogen (secondary N) is 1. The molecule has 2 aromatic heterocycles. The summed E-state index contributed by atoms with van der Waals surface area (Å²) >= 11 is 1.61. The van der Waals surface area contributed by atoms with Crippen LogP contribution < -0.4 is 5.73 Å². The van der Waals surface area contributed by atoms with E-state index in [1.165, 1.54) is 0 Å². The van der Waals surface area contributed by atoms with E-state index in [2.05, 4.69) is 15.2 Å². The van der Waals surface area contributed by atoms with Gasteiger partial charge in [-0.15, -0.1) is 11.3 Å². The van der Waals surface area contributed by atoms with Gasteiger partial charge in [-0.2, -0.15) is 5.10 Å². The summed E-state index contributed by atoms with van der Waals surface area (Å²) in [6.45, 7) is 2.62. The largest absolute Gasteiger partial charge is 0.330 e. The van der Waals surface area contributed by atoms with Crippen molar-refractivity contribution in [1.82, 2.24) is 15.2 Å². The van der Waals surface area contributed by atoms with Gasteiger partial charge in [-0.05, 0) is 19.5 Å². The Morgan fingerprint density at radius 2 is 2.43 bits per heavy atom. The van der Waals surface area contributed by atoms with Crippen LogP contribution in [0.5, 0.6) is 0 Å². The zero-order valence-corrected chi connectivity index (χ0v) is 8.77. The molecule has 0 spiro atoms. The molecule has 4 nitrogen and oxygen atoms in total. The second-order valence-corrected chi connectivity index (χ2v) is 3.98. The molecule has 2 heterocycles. The fourth-order valence-electron chi connectivity index (χ4n) is 1.21. The van der Waals surface area contributed by atoms with Gasteiger partial charge in [-0.1, -0.05) is 0 Å². The monoisotopic (exact) mass is 208 g/mol. The van der Waals surface area contributed by atoms with Crippen LogP contribution in [0.2, 0.25) is 0 Å². The fraction of sp³-hybridized carbons (Fsp3) is 0.333. The molecule has 0 saturated heterocycles. The minimum Gasteiger partial charge on any atom is -0.330 e. The minimum absolute atomic E-state index is 0.642. The van der Waals surface area contributed by atoms with Crippen LogP contribution in [-0.4, -0.2) is 21.7 Å². The third-order valence-electron chi connectivity index (χ3n) is 1.88. The number of aryl methyl sites for hydroxylation is 1. The highest BCUT2D eigenvalue weighted by atomic mass is 32.1. The van der Waals surface area contributed by atoms with Gasteiger partial charge in [0.2, 0.25) is 0 Å². The van der Waals surface area contributed by atoms with E-state index in [4.69, 9.17) is 5.73 Å². The molecule has 0 aromatic carbocycles. The first-order valence-electron chi connectivity index (χ1n) is 4.46. The highest BCUT2D eigenvalue weighted by molar-refractivity contribution is 7.13.